The van der Waals surface area contributed by atoms with Gasteiger partial charge in [0.15, 0.2) is 6.68 Å². The van der Waals surface area contributed by atoms with E-state index in [0.717, 1.165) is 0 Å². The van der Waals surface area contributed by atoms with E-state index < -0.39 is 6.68 Å². The molecule has 1 rings (SSSR count). The Morgan fingerprint density at radius 1 is 0.917 bits per heavy atom. The molecule has 0 amide bonds. The molecule has 0 fully saturated rings. The summed E-state index contributed by atoms with van der Waals surface area (Å²) in [5.74, 6) is 0. The van der Waals surface area contributed by atoms with E-state index in [1.165, 1.54) is 0 Å². The van der Waals surface area contributed by atoms with Gasteiger partial charge in [-0.15, -0.1) is 24.0 Å². The molecule has 0 saturated heterocycles. The normalized spacial score (nSPS) is 7.00. The first-order valence-electron chi connectivity index (χ1n) is 2.48. The minimum atomic E-state index is -3.08. The summed E-state index contributed by atoms with van der Waals surface area (Å²) in [5.41, 5.74) is 0. The predicted molar refractivity (Wildman–Crippen MR) is 53.0 cm³/mol. The van der Waals surface area contributed by atoms with E-state index >= 15 is 0 Å². The average molecular weight is 298 g/mol. The van der Waals surface area contributed by atoms with Gasteiger partial charge in [-0.3, -0.25) is 0 Å². The van der Waals surface area contributed by atoms with Gasteiger partial charge in [-0.2, -0.15) is 36.4 Å². The van der Waals surface area contributed by atoms with Crippen LogP contribution in [0.4, 0.5) is 13.2 Å². The molecule has 0 saturated carbocycles. The second-order valence-corrected chi connectivity index (χ2v) is 1.29. The molecule has 1 aromatic carbocycles. The zero-order valence-corrected chi connectivity index (χ0v) is 9.88. The number of hydrogen-bond donors (Lipinski definition) is 0. The molecule has 0 aliphatic heterocycles. The SMILES string of the molecule is F[C-](F)F.I.[Mg+2].[c-]1ccccc1. The molecule has 12 heavy (non-hydrogen) atoms. The quantitative estimate of drug-likeness (QED) is 0.392. The summed E-state index contributed by atoms with van der Waals surface area (Å²) in [6, 6.07) is 12.5. The molecule has 0 aliphatic rings. The topological polar surface area (TPSA) is 0 Å². The fraction of sp³-hybridized carbons (Fsp3) is 0. The van der Waals surface area contributed by atoms with Crippen molar-refractivity contribution in [3.05, 3.63) is 43.1 Å². The van der Waals surface area contributed by atoms with E-state index in [4.69, 9.17) is 0 Å². The molecule has 0 aromatic heterocycles. The Hall–Kier alpha value is 0.506. The smallest absolute Gasteiger partial charge is 0.385 e. The van der Waals surface area contributed by atoms with Crippen LogP contribution in [0.15, 0.2) is 30.3 Å². The maximum absolute atomic E-state index is 9.58. The summed E-state index contributed by atoms with van der Waals surface area (Å²) >= 11 is 0. The first-order chi connectivity index (χ1) is 4.73. The van der Waals surface area contributed by atoms with Gasteiger partial charge in [-0.05, 0) is 0 Å². The van der Waals surface area contributed by atoms with E-state index in [-0.39, 0.29) is 47.0 Å². The van der Waals surface area contributed by atoms with Crippen molar-refractivity contribution >= 4 is 47.0 Å². The van der Waals surface area contributed by atoms with E-state index in [1.807, 2.05) is 30.3 Å². The van der Waals surface area contributed by atoms with Crippen LogP contribution in [0, 0.1) is 12.7 Å². The molecule has 64 valence electrons. The van der Waals surface area contributed by atoms with Crippen LogP contribution in [-0.4, -0.2) is 23.1 Å². The molecule has 0 unspecified atom stereocenters. The molecular formula is C7H6F3IMg. The number of halogens is 4. The van der Waals surface area contributed by atoms with Crippen LogP contribution in [0.1, 0.15) is 0 Å². The maximum atomic E-state index is 9.58. The molecule has 0 nitrogen and oxygen atoms in total. The van der Waals surface area contributed by atoms with Gasteiger partial charge in [-0.25, -0.2) is 0 Å². The Balaban J connectivity index is -0.000000124. The zero-order valence-electron chi connectivity index (χ0n) is 6.14. The number of hydrogen-bond acceptors (Lipinski definition) is 0. The first kappa shape index (κ1) is 18.3. The van der Waals surface area contributed by atoms with Crippen molar-refractivity contribution in [2.45, 2.75) is 0 Å². The second-order valence-electron chi connectivity index (χ2n) is 1.29. The van der Waals surface area contributed by atoms with Crippen LogP contribution in [0.2, 0.25) is 0 Å². The fourth-order valence-corrected chi connectivity index (χ4v) is 0.342. The summed E-state index contributed by atoms with van der Waals surface area (Å²) in [6.07, 6.45) is 0. The standard InChI is InChI=1S/C6H5.CF3.HI.Mg/c1-2-4-6-5-3-1;2-1(3)4;;/h1-5H;;1H;/q2*-1;;+2. The largest absolute Gasteiger partial charge is 2.00 e. The third-order valence-corrected chi connectivity index (χ3v) is 0.607. The minimum absolute atomic E-state index is 0. The van der Waals surface area contributed by atoms with Crippen molar-refractivity contribution in [2.75, 3.05) is 0 Å². The molecule has 0 aliphatic carbocycles. The molecule has 0 N–H and O–H groups in total. The van der Waals surface area contributed by atoms with Crippen LogP contribution in [-0.2, 0) is 0 Å². The fourth-order valence-electron chi connectivity index (χ4n) is 0.342. The Morgan fingerprint density at radius 3 is 1.33 bits per heavy atom. The van der Waals surface area contributed by atoms with Gasteiger partial charge >= 0.3 is 23.1 Å². The summed E-state index contributed by atoms with van der Waals surface area (Å²) in [7, 11) is 0. The van der Waals surface area contributed by atoms with Crippen LogP contribution in [0.3, 0.4) is 0 Å². The summed E-state index contributed by atoms with van der Waals surface area (Å²) in [4.78, 5) is 0. The third kappa shape index (κ3) is 22.4. The molecular weight excluding hydrogens is 292 g/mol. The van der Waals surface area contributed by atoms with Crippen molar-refractivity contribution in [3.8, 4) is 0 Å². The third-order valence-electron chi connectivity index (χ3n) is 0.607. The summed E-state index contributed by atoms with van der Waals surface area (Å²) in [6.45, 7) is -3.08. The molecule has 0 bridgehead atoms. The van der Waals surface area contributed by atoms with E-state index in [9.17, 15) is 13.2 Å². The van der Waals surface area contributed by atoms with Gasteiger partial charge in [0.05, 0.1) is 0 Å². The van der Waals surface area contributed by atoms with Crippen LogP contribution in [0.25, 0.3) is 0 Å². The monoisotopic (exact) mass is 298 g/mol. The van der Waals surface area contributed by atoms with Gasteiger partial charge < -0.3 is 13.2 Å². The van der Waals surface area contributed by atoms with Crippen molar-refractivity contribution in [3.63, 3.8) is 0 Å². The average Bonchev–Trinajstić information content (AvgIpc) is 1.90. The van der Waals surface area contributed by atoms with Crippen molar-refractivity contribution in [1.29, 1.82) is 0 Å². The van der Waals surface area contributed by atoms with Gasteiger partial charge in [-0.1, -0.05) is 0 Å². The van der Waals surface area contributed by atoms with Gasteiger partial charge in [0, 0.05) is 0 Å². The predicted octanol–water partition coefficient (Wildman–Crippen LogP) is 3.07. The van der Waals surface area contributed by atoms with Crippen LogP contribution >= 0.6 is 24.0 Å². The van der Waals surface area contributed by atoms with Crippen LogP contribution in [0.5, 0.6) is 0 Å². The summed E-state index contributed by atoms with van der Waals surface area (Å²) < 4.78 is 28.8. The molecule has 0 radical (unpaired) electrons. The first-order valence-corrected chi connectivity index (χ1v) is 2.48. The van der Waals surface area contributed by atoms with Gasteiger partial charge in [0.25, 0.3) is 0 Å². The number of rotatable bonds is 0. The molecule has 0 spiro atoms. The molecule has 0 heterocycles. The van der Waals surface area contributed by atoms with Crippen molar-refractivity contribution in [2.24, 2.45) is 0 Å². The van der Waals surface area contributed by atoms with E-state index in [1.54, 1.807) is 0 Å². The minimum Gasteiger partial charge on any atom is -0.385 e. The van der Waals surface area contributed by atoms with E-state index in [0.29, 0.717) is 0 Å². The summed E-state index contributed by atoms with van der Waals surface area (Å²) in [5, 5.41) is 0. The Labute approximate surface area is 103 Å². The van der Waals surface area contributed by atoms with E-state index in [2.05, 4.69) is 6.07 Å². The Bertz CT molecular complexity index is 119. The second kappa shape index (κ2) is 14.1. The van der Waals surface area contributed by atoms with Gasteiger partial charge in [0.2, 0.25) is 0 Å². The van der Waals surface area contributed by atoms with Gasteiger partial charge in [0.1, 0.15) is 0 Å². The number of benzene rings is 1. The molecule has 1 aromatic rings. The zero-order chi connectivity index (χ0) is 7.82. The molecule has 5 heteroatoms. The van der Waals surface area contributed by atoms with Crippen LogP contribution < -0.4 is 0 Å². The Morgan fingerprint density at radius 2 is 1.25 bits per heavy atom. The van der Waals surface area contributed by atoms with Crippen molar-refractivity contribution < 1.29 is 13.2 Å². The maximum Gasteiger partial charge on any atom is 2.00 e. The van der Waals surface area contributed by atoms with Crippen molar-refractivity contribution in [1.82, 2.24) is 0 Å². The Kier molecular flexibility index (Phi) is 21.5. The molecule has 0 atom stereocenters.